The van der Waals surface area contributed by atoms with Crippen molar-refractivity contribution in [3.63, 3.8) is 0 Å². The smallest absolute Gasteiger partial charge is 0.255 e. The van der Waals surface area contributed by atoms with E-state index in [1.54, 1.807) is 12.1 Å². The molecule has 0 saturated heterocycles. The van der Waals surface area contributed by atoms with Crippen LogP contribution in [0.2, 0.25) is 0 Å². The average Bonchev–Trinajstić information content (AvgIpc) is 2.44. The molecule has 5 heteroatoms. The van der Waals surface area contributed by atoms with E-state index in [1.807, 2.05) is 19.1 Å². The Balaban J connectivity index is 2.25. The summed E-state index contributed by atoms with van der Waals surface area (Å²) in [7, 11) is 0. The molecule has 1 amide bonds. The third-order valence-electron chi connectivity index (χ3n) is 2.71. The average molecular weight is 281 g/mol. The molecule has 21 heavy (non-hydrogen) atoms. The first-order valence-electron chi connectivity index (χ1n) is 6.39. The lowest BCUT2D eigenvalue weighted by Gasteiger charge is -2.07. The van der Waals surface area contributed by atoms with Crippen molar-refractivity contribution in [2.24, 2.45) is 5.73 Å². The zero-order valence-electron chi connectivity index (χ0n) is 11.6. The number of nitrogens with one attached hydrogen (secondary N) is 2. The van der Waals surface area contributed by atoms with Gasteiger partial charge in [-0.3, -0.25) is 9.59 Å². The zero-order chi connectivity index (χ0) is 15.2. The van der Waals surface area contributed by atoms with Crippen LogP contribution in [-0.2, 0) is 0 Å². The van der Waals surface area contributed by atoms with E-state index in [9.17, 15) is 9.59 Å². The number of nitrogens with two attached hydrogens (primary N) is 1. The molecule has 1 aromatic heterocycles. The highest BCUT2D eigenvalue weighted by Crippen LogP contribution is 2.14. The van der Waals surface area contributed by atoms with E-state index in [4.69, 9.17) is 5.73 Å². The molecular formula is C16H15N3O2. The summed E-state index contributed by atoms with van der Waals surface area (Å²) >= 11 is 0. The Morgan fingerprint density at radius 2 is 2.14 bits per heavy atom. The second-order valence-electron chi connectivity index (χ2n) is 4.49. The summed E-state index contributed by atoms with van der Waals surface area (Å²) in [5.74, 6) is 5.35. The van der Waals surface area contributed by atoms with Crippen molar-refractivity contribution >= 4 is 11.6 Å². The quantitative estimate of drug-likeness (QED) is 0.724. The maximum Gasteiger partial charge on any atom is 0.255 e. The van der Waals surface area contributed by atoms with Gasteiger partial charge in [0.05, 0.1) is 6.54 Å². The maximum atomic E-state index is 12.1. The first-order valence-corrected chi connectivity index (χ1v) is 6.39. The molecule has 1 heterocycles. The van der Waals surface area contributed by atoms with E-state index >= 15 is 0 Å². The number of aryl methyl sites for hydroxylation is 1. The number of amides is 1. The van der Waals surface area contributed by atoms with Crippen molar-refractivity contribution in [1.82, 2.24) is 4.98 Å². The van der Waals surface area contributed by atoms with Crippen LogP contribution in [0.4, 0.5) is 5.69 Å². The van der Waals surface area contributed by atoms with Gasteiger partial charge in [0, 0.05) is 29.1 Å². The summed E-state index contributed by atoms with van der Waals surface area (Å²) in [5.41, 5.74) is 7.71. The summed E-state index contributed by atoms with van der Waals surface area (Å²) in [6, 6.07) is 8.30. The second kappa shape index (κ2) is 6.55. The number of hydrogen-bond acceptors (Lipinski definition) is 3. The number of pyridine rings is 1. The standard InChI is InChI=1S/C16H15N3O2/c1-11-7-12(3-2-5-17)9-14(8-11)19-16(21)13-4-6-18-15(20)10-13/h4,6-10H,5,17H2,1H3,(H,18,20)(H,19,21). The lowest BCUT2D eigenvalue weighted by molar-refractivity contribution is 0.102. The second-order valence-corrected chi connectivity index (χ2v) is 4.49. The molecule has 0 aliphatic heterocycles. The predicted molar refractivity (Wildman–Crippen MR) is 82.1 cm³/mol. The van der Waals surface area contributed by atoms with Crippen molar-refractivity contribution in [3.8, 4) is 11.8 Å². The molecule has 5 nitrogen and oxygen atoms in total. The fourth-order valence-corrected chi connectivity index (χ4v) is 1.87. The first-order chi connectivity index (χ1) is 10.1. The fraction of sp³-hybridized carbons (Fsp3) is 0.125. The van der Waals surface area contributed by atoms with Gasteiger partial charge in [0.1, 0.15) is 0 Å². The Bertz CT molecular complexity index is 782. The molecule has 0 aliphatic carbocycles. The van der Waals surface area contributed by atoms with Crippen LogP contribution in [0.1, 0.15) is 21.5 Å². The minimum absolute atomic E-state index is 0.280. The molecular weight excluding hydrogens is 266 g/mol. The van der Waals surface area contributed by atoms with Crippen molar-refractivity contribution < 1.29 is 4.79 Å². The van der Waals surface area contributed by atoms with Crippen molar-refractivity contribution in [1.29, 1.82) is 0 Å². The highest BCUT2D eigenvalue weighted by molar-refractivity contribution is 6.04. The molecule has 0 fully saturated rings. The molecule has 0 bridgehead atoms. The van der Waals surface area contributed by atoms with Crippen molar-refractivity contribution in [3.05, 3.63) is 63.6 Å². The highest BCUT2D eigenvalue weighted by Gasteiger charge is 2.07. The van der Waals surface area contributed by atoms with Crippen LogP contribution in [0.15, 0.2) is 41.3 Å². The van der Waals surface area contributed by atoms with Crippen LogP contribution < -0.4 is 16.6 Å². The van der Waals surface area contributed by atoms with Gasteiger partial charge in [0.2, 0.25) is 5.56 Å². The van der Waals surface area contributed by atoms with E-state index < -0.39 is 0 Å². The molecule has 0 aliphatic rings. The number of aromatic nitrogens is 1. The molecule has 4 N–H and O–H groups in total. The highest BCUT2D eigenvalue weighted by atomic mass is 16.2. The van der Waals surface area contributed by atoms with Crippen LogP contribution in [0.3, 0.4) is 0 Å². The number of carbonyl (C=O) groups excluding carboxylic acids is 1. The number of H-pyrrole nitrogens is 1. The van der Waals surface area contributed by atoms with Crippen LogP contribution >= 0.6 is 0 Å². The minimum Gasteiger partial charge on any atom is -0.329 e. The summed E-state index contributed by atoms with van der Waals surface area (Å²) < 4.78 is 0. The van der Waals surface area contributed by atoms with Crippen LogP contribution in [0, 0.1) is 18.8 Å². The van der Waals surface area contributed by atoms with E-state index in [0.29, 0.717) is 11.3 Å². The van der Waals surface area contributed by atoms with E-state index in [1.165, 1.54) is 12.3 Å². The van der Waals surface area contributed by atoms with Crippen molar-refractivity contribution in [2.45, 2.75) is 6.92 Å². The SMILES string of the molecule is Cc1cc(C#CCN)cc(NC(=O)c2cc[nH]c(=O)c2)c1. The van der Waals surface area contributed by atoms with Crippen LogP contribution in [-0.4, -0.2) is 17.4 Å². The third-order valence-corrected chi connectivity index (χ3v) is 2.71. The molecule has 0 radical (unpaired) electrons. The molecule has 0 spiro atoms. The lowest BCUT2D eigenvalue weighted by Crippen LogP contribution is -2.15. The van der Waals surface area contributed by atoms with Gasteiger partial charge in [-0.05, 0) is 36.8 Å². The Kier molecular flexibility index (Phi) is 4.54. The van der Waals surface area contributed by atoms with Gasteiger partial charge in [0.15, 0.2) is 0 Å². The van der Waals surface area contributed by atoms with Gasteiger partial charge in [-0.1, -0.05) is 11.8 Å². The first kappa shape index (κ1) is 14.6. The largest absolute Gasteiger partial charge is 0.329 e. The minimum atomic E-state index is -0.343. The van der Waals surface area contributed by atoms with E-state index in [2.05, 4.69) is 22.1 Å². The number of hydrogen-bond donors (Lipinski definition) is 3. The molecule has 2 aromatic rings. The van der Waals surface area contributed by atoms with Crippen molar-refractivity contribution in [2.75, 3.05) is 11.9 Å². The number of benzene rings is 1. The Labute approximate surface area is 122 Å². The van der Waals surface area contributed by atoms with Gasteiger partial charge in [-0.25, -0.2) is 0 Å². The van der Waals surface area contributed by atoms with Gasteiger partial charge in [-0.2, -0.15) is 0 Å². The van der Waals surface area contributed by atoms with E-state index in [-0.39, 0.29) is 18.0 Å². The Morgan fingerprint density at radius 1 is 1.33 bits per heavy atom. The molecule has 1 aromatic carbocycles. The number of anilines is 1. The summed E-state index contributed by atoms with van der Waals surface area (Å²) in [6.45, 7) is 2.19. The predicted octanol–water partition coefficient (Wildman–Crippen LogP) is 1.25. The third kappa shape index (κ3) is 4.06. The molecule has 0 atom stereocenters. The number of rotatable bonds is 2. The number of aromatic amines is 1. The number of carbonyl (C=O) groups is 1. The van der Waals surface area contributed by atoms with E-state index in [0.717, 1.165) is 11.1 Å². The van der Waals surface area contributed by atoms with Gasteiger partial charge in [-0.15, -0.1) is 0 Å². The van der Waals surface area contributed by atoms with Crippen LogP contribution in [0.25, 0.3) is 0 Å². The van der Waals surface area contributed by atoms with Gasteiger partial charge in [0.25, 0.3) is 5.91 Å². The normalized spacial score (nSPS) is 9.62. The van der Waals surface area contributed by atoms with Gasteiger partial charge < -0.3 is 16.0 Å². The molecule has 0 unspecified atom stereocenters. The lowest BCUT2D eigenvalue weighted by atomic mass is 10.1. The Morgan fingerprint density at radius 3 is 2.86 bits per heavy atom. The molecule has 0 saturated carbocycles. The molecule has 2 rings (SSSR count). The van der Waals surface area contributed by atoms with Gasteiger partial charge >= 0.3 is 0 Å². The van der Waals surface area contributed by atoms with Crippen LogP contribution in [0.5, 0.6) is 0 Å². The summed E-state index contributed by atoms with van der Waals surface area (Å²) in [6.07, 6.45) is 1.44. The summed E-state index contributed by atoms with van der Waals surface area (Å²) in [4.78, 5) is 25.8. The maximum absolute atomic E-state index is 12.1. The fourth-order valence-electron chi connectivity index (χ4n) is 1.87. The Hall–Kier alpha value is -2.84. The summed E-state index contributed by atoms with van der Waals surface area (Å²) in [5, 5.41) is 2.75. The molecule has 106 valence electrons. The monoisotopic (exact) mass is 281 g/mol. The topological polar surface area (TPSA) is 88.0 Å². The zero-order valence-corrected chi connectivity index (χ0v) is 11.6.